The minimum atomic E-state index is -0.555. The minimum Gasteiger partial charge on any atom is -0.352 e. The Morgan fingerprint density at radius 1 is 1.08 bits per heavy atom. The molecule has 2 amide bonds. The van der Waals surface area contributed by atoms with E-state index in [0.717, 1.165) is 5.56 Å². The molecule has 1 saturated heterocycles. The fourth-order valence-electron chi connectivity index (χ4n) is 3.12. The number of halogens is 2. The molecule has 0 saturated carbocycles. The number of hydrogen-bond donors (Lipinski definition) is 1. The van der Waals surface area contributed by atoms with Crippen LogP contribution in [0.15, 0.2) is 48.5 Å². The molecule has 0 bridgehead atoms. The predicted octanol–water partition coefficient (Wildman–Crippen LogP) is 3.13. The van der Waals surface area contributed by atoms with Crippen molar-refractivity contribution in [2.45, 2.75) is 19.4 Å². The Morgan fingerprint density at radius 3 is 2.54 bits per heavy atom. The van der Waals surface area contributed by atoms with Crippen LogP contribution in [0.5, 0.6) is 0 Å². The predicted molar refractivity (Wildman–Crippen MR) is 93.3 cm³/mol. The lowest BCUT2D eigenvalue weighted by atomic mass is 9.96. The molecule has 3 rings (SSSR count). The Kier molecular flexibility index (Phi) is 5.61. The first-order valence-electron chi connectivity index (χ1n) is 8.60. The molecule has 26 heavy (non-hydrogen) atoms. The van der Waals surface area contributed by atoms with Crippen molar-refractivity contribution in [3.8, 4) is 0 Å². The number of hydrogen-bond acceptors (Lipinski definition) is 2. The van der Waals surface area contributed by atoms with E-state index < -0.39 is 5.82 Å². The van der Waals surface area contributed by atoms with Gasteiger partial charge in [-0.3, -0.25) is 9.59 Å². The third-order valence-electron chi connectivity index (χ3n) is 4.56. The van der Waals surface area contributed by atoms with Crippen molar-refractivity contribution in [3.63, 3.8) is 0 Å². The van der Waals surface area contributed by atoms with Gasteiger partial charge < -0.3 is 10.2 Å². The zero-order chi connectivity index (χ0) is 18.5. The summed E-state index contributed by atoms with van der Waals surface area (Å²) in [6.07, 6.45) is 1.37. The Balaban J connectivity index is 1.59. The van der Waals surface area contributed by atoms with Gasteiger partial charge in [0.1, 0.15) is 11.6 Å². The molecule has 4 nitrogen and oxygen atoms in total. The zero-order valence-corrected chi connectivity index (χ0v) is 14.3. The molecule has 0 spiro atoms. The lowest BCUT2D eigenvalue weighted by Crippen LogP contribution is -2.45. The van der Waals surface area contributed by atoms with Crippen molar-refractivity contribution in [1.82, 2.24) is 10.2 Å². The van der Waals surface area contributed by atoms with Crippen molar-refractivity contribution < 1.29 is 18.4 Å². The summed E-state index contributed by atoms with van der Waals surface area (Å²) >= 11 is 0. The smallest absolute Gasteiger partial charge is 0.256 e. The van der Waals surface area contributed by atoms with Gasteiger partial charge in [0.05, 0.1) is 11.5 Å². The van der Waals surface area contributed by atoms with Gasteiger partial charge in [-0.25, -0.2) is 8.78 Å². The normalized spacial score (nSPS) is 17.0. The molecule has 1 aliphatic rings. The lowest BCUT2D eigenvalue weighted by Gasteiger charge is -2.32. The maximum Gasteiger partial charge on any atom is 0.256 e. The van der Waals surface area contributed by atoms with E-state index in [2.05, 4.69) is 5.32 Å². The fraction of sp³-hybridized carbons (Fsp3) is 0.300. The molecule has 1 N–H and O–H groups in total. The van der Waals surface area contributed by atoms with E-state index >= 15 is 0 Å². The number of rotatable bonds is 4. The summed E-state index contributed by atoms with van der Waals surface area (Å²) in [6, 6.07) is 11.8. The molecule has 1 heterocycles. The summed E-state index contributed by atoms with van der Waals surface area (Å²) in [4.78, 5) is 26.5. The summed E-state index contributed by atoms with van der Waals surface area (Å²) < 4.78 is 26.7. The quantitative estimate of drug-likeness (QED) is 0.913. The SMILES string of the molecule is O=C(NCc1ccc(F)cc1)[C@H]1CCCN(C(=O)c2ccccc2F)C1. The van der Waals surface area contributed by atoms with E-state index in [1.54, 1.807) is 18.2 Å². The minimum absolute atomic E-state index is 0.0277. The van der Waals surface area contributed by atoms with Crippen LogP contribution in [-0.4, -0.2) is 29.8 Å². The Hall–Kier alpha value is -2.76. The largest absolute Gasteiger partial charge is 0.352 e. The number of carbonyl (C=O) groups excluding carboxylic acids is 2. The maximum atomic E-state index is 13.8. The van der Waals surface area contributed by atoms with Gasteiger partial charge in [-0.2, -0.15) is 0 Å². The molecule has 0 radical (unpaired) electrons. The van der Waals surface area contributed by atoms with E-state index in [1.807, 2.05) is 0 Å². The van der Waals surface area contributed by atoms with Crippen LogP contribution in [0, 0.1) is 17.6 Å². The zero-order valence-electron chi connectivity index (χ0n) is 14.3. The molecule has 0 aromatic heterocycles. The van der Waals surface area contributed by atoms with Crippen LogP contribution in [0.3, 0.4) is 0 Å². The van der Waals surface area contributed by atoms with Crippen molar-refractivity contribution in [2.75, 3.05) is 13.1 Å². The highest BCUT2D eigenvalue weighted by molar-refractivity contribution is 5.95. The van der Waals surface area contributed by atoms with Gasteiger partial charge in [0.25, 0.3) is 5.91 Å². The van der Waals surface area contributed by atoms with E-state index in [0.29, 0.717) is 25.9 Å². The molecular formula is C20H20F2N2O2. The van der Waals surface area contributed by atoms with Crippen LogP contribution in [0.2, 0.25) is 0 Å². The van der Waals surface area contributed by atoms with Crippen LogP contribution in [0.25, 0.3) is 0 Å². The molecule has 136 valence electrons. The van der Waals surface area contributed by atoms with Crippen molar-refractivity contribution in [2.24, 2.45) is 5.92 Å². The van der Waals surface area contributed by atoms with Gasteiger partial charge in [0, 0.05) is 19.6 Å². The average molecular weight is 358 g/mol. The Morgan fingerprint density at radius 2 is 1.81 bits per heavy atom. The molecule has 1 fully saturated rings. The van der Waals surface area contributed by atoms with E-state index in [4.69, 9.17) is 0 Å². The number of nitrogens with one attached hydrogen (secondary N) is 1. The third kappa shape index (κ3) is 4.25. The van der Waals surface area contributed by atoms with Crippen molar-refractivity contribution in [3.05, 3.63) is 71.3 Å². The van der Waals surface area contributed by atoms with E-state index in [1.165, 1.54) is 35.2 Å². The Labute approximate surface area is 150 Å². The Bertz CT molecular complexity index is 793. The topological polar surface area (TPSA) is 49.4 Å². The second kappa shape index (κ2) is 8.08. The maximum absolute atomic E-state index is 13.8. The summed E-state index contributed by atoms with van der Waals surface area (Å²) in [5, 5.41) is 2.83. The molecule has 1 aliphatic heterocycles. The monoisotopic (exact) mass is 358 g/mol. The number of benzene rings is 2. The summed E-state index contributed by atoms with van der Waals surface area (Å²) in [6.45, 7) is 1.08. The molecule has 6 heteroatoms. The highest BCUT2D eigenvalue weighted by Gasteiger charge is 2.29. The summed E-state index contributed by atoms with van der Waals surface area (Å²) in [5.74, 6) is -1.76. The molecule has 1 atom stereocenters. The highest BCUT2D eigenvalue weighted by Crippen LogP contribution is 2.20. The second-order valence-electron chi connectivity index (χ2n) is 6.41. The van der Waals surface area contributed by atoms with Crippen LogP contribution < -0.4 is 5.32 Å². The van der Waals surface area contributed by atoms with Crippen LogP contribution in [-0.2, 0) is 11.3 Å². The van der Waals surface area contributed by atoms with Gasteiger partial charge in [-0.15, -0.1) is 0 Å². The van der Waals surface area contributed by atoms with Gasteiger partial charge in [0.2, 0.25) is 5.91 Å². The highest BCUT2D eigenvalue weighted by atomic mass is 19.1. The molecule has 2 aromatic carbocycles. The molecule has 0 unspecified atom stereocenters. The first-order valence-corrected chi connectivity index (χ1v) is 8.60. The van der Waals surface area contributed by atoms with Gasteiger partial charge >= 0.3 is 0 Å². The first kappa shape index (κ1) is 18.0. The number of amides is 2. The van der Waals surface area contributed by atoms with Gasteiger partial charge in [-0.05, 0) is 42.7 Å². The number of piperidine rings is 1. The number of nitrogens with zero attached hydrogens (tertiary/aromatic N) is 1. The molecule has 0 aliphatic carbocycles. The second-order valence-corrected chi connectivity index (χ2v) is 6.41. The standard InChI is InChI=1S/C20H20F2N2O2/c21-16-9-7-14(8-10-16)12-23-19(25)15-4-3-11-24(13-15)20(26)17-5-1-2-6-18(17)22/h1-2,5-10,15H,3-4,11-13H2,(H,23,25)/t15-/m0/s1. The average Bonchev–Trinajstić information content (AvgIpc) is 2.67. The van der Waals surface area contributed by atoms with Crippen molar-refractivity contribution >= 4 is 11.8 Å². The summed E-state index contributed by atoms with van der Waals surface area (Å²) in [7, 11) is 0. The van der Waals surface area contributed by atoms with Crippen LogP contribution in [0.1, 0.15) is 28.8 Å². The summed E-state index contributed by atoms with van der Waals surface area (Å²) in [5.41, 5.74) is 0.828. The molecular weight excluding hydrogens is 338 g/mol. The van der Waals surface area contributed by atoms with Crippen molar-refractivity contribution in [1.29, 1.82) is 0 Å². The first-order chi connectivity index (χ1) is 12.5. The number of likely N-dealkylation sites (tertiary alicyclic amines) is 1. The van der Waals surface area contributed by atoms with E-state index in [9.17, 15) is 18.4 Å². The van der Waals surface area contributed by atoms with Gasteiger partial charge in [-0.1, -0.05) is 24.3 Å². The van der Waals surface area contributed by atoms with E-state index in [-0.39, 0.29) is 35.7 Å². The van der Waals surface area contributed by atoms with Crippen LogP contribution >= 0.6 is 0 Å². The fourth-order valence-corrected chi connectivity index (χ4v) is 3.12. The lowest BCUT2D eigenvalue weighted by molar-refractivity contribution is -0.126. The van der Waals surface area contributed by atoms with Gasteiger partial charge in [0.15, 0.2) is 0 Å². The number of carbonyl (C=O) groups is 2. The molecule has 2 aromatic rings. The van der Waals surface area contributed by atoms with Crippen LogP contribution in [0.4, 0.5) is 8.78 Å². The third-order valence-corrected chi connectivity index (χ3v) is 4.56.